The van der Waals surface area contributed by atoms with E-state index in [1.165, 1.54) is 65.7 Å². The van der Waals surface area contributed by atoms with Crippen molar-refractivity contribution in [3.8, 4) is 0 Å². The Morgan fingerprint density at radius 1 is 0.360 bits per heavy atom. The topological polar surface area (TPSA) is 328 Å². The first kappa shape index (κ1) is 92.5. The Morgan fingerprint density at radius 2 is 0.640 bits per heavy atom. The SMILES string of the molecule is C=Nc1ccccc1.CN.CNC(=O)c1ccc(N)c(N2CCN(C(c3ccccc3)c3ccccc3)CC2)c1.CNC(=O)c1ccc(NC(=O)Nc2ccccc2)c(N2CCN(C(c3ccccc3)c3ccccc3)CC2)c1.CNC(=O)c1ccc([N+](=O)[O-])c(F)c1.CNC(=O)c1ccc([N+](=O)[O-])c(N2CCN(C(c3ccccc3)c3ccccc3)CC2)c1. The lowest BCUT2D eigenvalue weighted by molar-refractivity contribution is -0.387. The third-order valence-electron chi connectivity index (χ3n) is 21.3. The second-order valence-electron chi connectivity index (χ2n) is 28.9. The number of halogens is 1. The Morgan fingerprint density at radius 3 is 0.960 bits per heavy atom. The van der Waals surface area contributed by atoms with Crippen LogP contribution in [0.15, 0.2) is 320 Å². The maximum Gasteiger partial charge on any atom is 0.323 e. The summed E-state index contributed by atoms with van der Waals surface area (Å²) in [7, 11) is 7.70. The number of carbonyl (C=O) groups excluding carboxylic acids is 5. The molecule has 3 aliphatic heterocycles. The molecule has 644 valence electrons. The number of nitro groups is 2. The molecule has 15 rings (SSSR count). The molecule has 125 heavy (non-hydrogen) atoms. The summed E-state index contributed by atoms with van der Waals surface area (Å²) in [5.74, 6) is -2.02. The molecular formula is C98H106FN17O9. The molecule has 3 fully saturated rings. The number of amides is 6. The van der Waals surface area contributed by atoms with Crippen LogP contribution < -0.4 is 58.1 Å². The normalized spacial score (nSPS) is 13.1. The minimum Gasteiger partial charge on any atom is -0.397 e. The number of piperazine rings is 3. The third-order valence-corrected chi connectivity index (χ3v) is 21.3. The zero-order valence-electron chi connectivity index (χ0n) is 70.7. The Hall–Kier alpha value is -14.8. The molecule has 0 atom stereocenters. The fraction of sp³-hybridized carbons (Fsp3) is 0.204. The number of nitrogen functional groups attached to an aromatic ring is 1. The maximum absolute atomic E-state index is 13.0. The van der Waals surface area contributed by atoms with Gasteiger partial charge in [-0.05, 0) is 132 Å². The molecule has 26 nitrogen and oxygen atoms in total. The number of hydrogen-bond acceptors (Lipinski definition) is 18. The Kier molecular flexibility index (Phi) is 35.1. The molecule has 6 amide bonds. The van der Waals surface area contributed by atoms with E-state index >= 15 is 0 Å². The van der Waals surface area contributed by atoms with Gasteiger partial charge in [-0.3, -0.25) is 59.1 Å². The number of benzene rings is 12. The number of nitro benzene ring substituents is 2. The van der Waals surface area contributed by atoms with E-state index in [0.29, 0.717) is 52.5 Å². The van der Waals surface area contributed by atoms with Gasteiger partial charge in [0.05, 0.1) is 56.4 Å². The van der Waals surface area contributed by atoms with E-state index in [0.717, 1.165) is 94.6 Å². The van der Waals surface area contributed by atoms with Crippen molar-refractivity contribution in [2.75, 3.05) is 145 Å². The average Bonchev–Trinajstić information content (AvgIpc) is 0.800. The fourth-order valence-corrected chi connectivity index (χ4v) is 15.1. The van der Waals surface area contributed by atoms with E-state index in [-0.39, 0.29) is 58.1 Å². The number of anilines is 6. The predicted molar refractivity (Wildman–Crippen MR) is 497 cm³/mol. The Labute approximate surface area is 728 Å². The van der Waals surface area contributed by atoms with Crippen LogP contribution >= 0.6 is 0 Å². The minimum absolute atomic E-state index is 0.0220. The van der Waals surface area contributed by atoms with Gasteiger partial charge in [-0.25, -0.2) is 4.79 Å². The number of hydrogen-bond donors (Lipinski definition) is 8. The molecule has 12 aromatic carbocycles. The molecule has 0 radical (unpaired) electrons. The Bertz CT molecular complexity index is 5350. The highest BCUT2D eigenvalue weighted by Gasteiger charge is 2.33. The number of nitrogens with one attached hydrogen (secondary N) is 6. The van der Waals surface area contributed by atoms with Crippen LogP contribution in [0.5, 0.6) is 0 Å². The first-order valence-corrected chi connectivity index (χ1v) is 41.0. The van der Waals surface area contributed by atoms with Crippen LogP contribution in [0, 0.1) is 26.0 Å². The van der Waals surface area contributed by atoms with Crippen LogP contribution in [0.3, 0.4) is 0 Å². The van der Waals surface area contributed by atoms with Gasteiger partial charge in [-0.1, -0.05) is 218 Å². The first-order chi connectivity index (χ1) is 60.9. The number of aliphatic imine (C=N–C) groups is 1. The highest BCUT2D eigenvalue weighted by Crippen LogP contribution is 2.38. The molecule has 0 saturated carbocycles. The highest BCUT2D eigenvalue weighted by atomic mass is 19.1. The van der Waals surface area contributed by atoms with Crippen molar-refractivity contribution in [1.29, 1.82) is 0 Å². The molecule has 12 aromatic rings. The molecule has 10 N–H and O–H groups in total. The van der Waals surface area contributed by atoms with Crippen LogP contribution in [-0.2, 0) is 0 Å². The molecule has 0 aromatic heterocycles. The lowest BCUT2D eigenvalue weighted by Gasteiger charge is -2.41. The zero-order chi connectivity index (χ0) is 89.0. The summed E-state index contributed by atoms with van der Waals surface area (Å²) in [6, 6.07) is 101. The molecular weight excluding hydrogens is 1580 g/mol. The van der Waals surface area contributed by atoms with Crippen molar-refractivity contribution in [2.45, 2.75) is 18.1 Å². The van der Waals surface area contributed by atoms with Gasteiger partial charge in [-0.15, -0.1) is 0 Å². The fourth-order valence-electron chi connectivity index (χ4n) is 15.1. The van der Waals surface area contributed by atoms with Crippen molar-refractivity contribution < 1.29 is 38.2 Å². The number of para-hydroxylation sites is 2. The number of urea groups is 1. The summed E-state index contributed by atoms with van der Waals surface area (Å²) in [5.41, 5.74) is 24.6. The van der Waals surface area contributed by atoms with E-state index in [4.69, 9.17) is 5.73 Å². The van der Waals surface area contributed by atoms with Crippen LogP contribution in [0.1, 0.15) is 92.9 Å². The lowest BCUT2D eigenvalue weighted by atomic mass is 9.96. The zero-order valence-corrected chi connectivity index (χ0v) is 70.7. The van der Waals surface area contributed by atoms with Gasteiger partial charge in [0, 0.05) is 147 Å². The van der Waals surface area contributed by atoms with Crippen molar-refractivity contribution >= 4 is 87.6 Å². The van der Waals surface area contributed by atoms with Gasteiger partial charge in [0.1, 0.15) is 5.69 Å². The van der Waals surface area contributed by atoms with Crippen molar-refractivity contribution in [1.82, 2.24) is 36.0 Å². The second-order valence-corrected chi connectivity index (χ2v) is 28.9. The Balaban J connectivity index is 0.000000174. The average molecular weight is 1690 g/mol. The highest BCUT2D eigenvalue weighted by molar-refractivity contribution is 6.04. The van der Waals surface area contributed by atoms with Gasteiger partial charge in [0.2, 0.25) is 5.82 Å². The largest absolute Gasteiger partial charge is 0.397 e. The molecule has 3 aliphatic rings. The molecule has 0 bridgehead atoms. The monoisotopic (exact) mass is 1680 g/mol. The standard InChI is InChI=1S/C32H33N5O2.C25H26N4O3.C25H28N4O.C8H7FN2O3.C7H7N.CH5N/c1-33-31(38)26-17-18-28(35-32(39)34-27-15-9-4-10-16-27)29(23-26)36-19-21-37(22-20-36)30(24-11-5-2-6-12-24)25-13-7-3-8-14-25;1-26-25(30)21-12-13-22(29(31)32)23(18-21)27-14-16-28(17-15-27)24(19-8-4-2-5-9-19)20-10-6-3-7-11-20;1-27-25(30)21-12-13-22(26)23(18-21)28-14-16-29(17-15-28)24(19-8-4-2-5-9-19)20-10-6-3-7-11-20;1-10-8(12)5-2-3-7(11(13)14)6(9)4-5;1-8-7-5-3-2-4-6-7;1-2/h2-18,23,30H,19-22H2,1H3,(H,33,38)(H2,34,35,39);2-13,18,24H,14-17H2,1H3,(H,26,30);2-13,18,24H,14-17,26H2,1H3,(H,27,30);2-4H,1H3,(H,10,12);2-6H,1H2;2H2,1H3. The van der Waals surface area contributed by atoms with E-state index in [9.17, 15) is 48.6 Å². The number of rotatable bonds is 21. The number of nitrogens with two attached hydrogens (primary N) is 2. The minimum atomic E-state index is -1.02. The summed E-state index contributed by atoms with van der Waals surface area (Å²) in [6.07, 6.45) is 0. The molecule has 0 spiro atoms. The predicted octanol–water partition coefficient (Wildman–Crippen LogP) is 15.7. The molecule has 3 heterocycles. The summed E-state index contributed by atoms with van der Waals surface area (Å²) in [6.45, 7) is 12.8. The summed E-state index contributed by atoms with van der Waals surface area (Å²) in [4.78, 5) is 98.7. The smallest absolute Gasteiger partial charge is 0.323 e. The van der Waals surface area contributed by atoms with Gasteiger partial charge in [-0.2, -0.15) is 4.39 Å². The summed E-state index contributed by atoms with van der Waals surface area (Å²) < 4.78 is 13.0. The quantitative estimate of drug-likeness (QED) is 0.0143. The summed E-state index contributed by atoms with van der Waals surface area (Å²) >= 11 is 0. The third kappa shape index (κ3) is 25.7. The maximum atomic E-state index is 13.0. The van der Waals surface area contributed by atoms with E-state index in [1.54, 1.807) is 45.4 Å². The second kappa shape index (κ2) is 47.4. The van der Waals surface area contributed by atoms with Gasteiger partial charge < -0.3 is 58.1 Å². The van der Waals surface area contributed by atoms with Crippen LogP contribution in [-0.4, -0.2) is 175 Å². The molecule has 3 saturated heterocycles. The first-order valence-electron chi connectivity index (χ1n) is 41.0. The molecule has 0 aliphatic carbocycles. The van der Waals surface area contributed by atoms with Gasteiger partial charge >= 0.3 is 11.7 Å². The van der Waals surface area contributed by atoms with E-state index in [1.807, 2.05) is 108 Å². The number of nitrogens with zero attached hydrogens (tertiary/aromatic N) is 9. The number of carbonyl (C=O) groups is 5. The van der Waals surface area contributed by atoms with E-state index in [2.05, 4.69) is 232 Å². The van der Waals surface area contributed by atoms with Crippen molar-refractivity contribution in [2.24, 2.45) is 10.7 Å². The van der Waals surface area contributed by atoms with Crippen LogP contribution in [0.4, 0.5) is 60.4 Å². The molecule has 27 heteroatoms. The summed E-state index contributed by atoms with van der Waals surface area (Å²) in [5, 5.41) is 38.0. The van der Waals surface area contributed by atoms with Crippen LogP contribution in [0.25, 0.3) is 0 Å². The van der Waals surface area contributed by atoms with Crippen molar-refractivity contribution in [3.63, 3.8) is 0 Å². The van der Waals surface area contributed by atoms with E-state index < -0.39 is 22.3 Å². The van der Waals surface area contributed by atoms with Crippen molar-refractivity contribution in [3.05, 3.63) is 397 Å². The van der Waals surface area contributed by atoms with Gasteiger partial charge in [0.15, 0.2) is 0 Å². The van der Waals surface area contributed by atoms with Crippen LogP contribution in [0.2, 0.25) is 0 Å². The lowest BCUT2D eigenvalue weighted by Crippen LogP contribution is -2.48. The molecule has 0 unspecified atom stereocenters. The van der Waals surface area contributed by atoms with Gasteiger partial charge in [0.25, 0.3) is 29.3 Å².